The molecule has 0 saturated heterocycles. The summed E-state index contributed by atoms with van der Waals surface area (Å²) < 4.78 is 12.9. The van der Waals surface area contributed by atoms with Gasteiger partial charge in [-0.25, -0.2) is 24.5 Å². The van der Waals surface area contributed by atoms with Crippen LogP contribution in [0.25, 0.3) is 45.1 Å². The third-order valence-electron chi connectivity index (χ3n) is 11.4. The van der Waals surface area contributed by atoms with Crippen LogP contribution >= 0.6 is 0 Å². The van der Waals surface area contributed by atoms with E-state index in [4.69, 9.17) is 14.7 Å². The number of hydrogen-bond acceptors (Lipinski definition) is 8. The Labute approximate surface area is 364 Å². The molecule has 0 bridgehead atoms. The van der Waals surface area contributed by atoms with Crippen molar-refractivity contribution < 1.29 is 14.3 Å². The van der Waals surface area contributed by atoms with Crippen molar-refractivity contribution in [2.45, 2.75) is 61.3 Å². The Balaban J connectivity index is 0.000000160. The third kappa shape index (κ3) is 7.76. The van der Waals surface area contributed by atoms with E-state index in [1.807, 2.05) is 140 Å². The molecule has 0 fully saturated rings. The molecule has 63 heavy (non-hydrogen) atoms. The Morgan fingerprint density at radius 1 is 0.571 bits per heavy atom. The van der Waals surface area contributed by atoms with E-state index in [-0.39, 0.29) is 24.4 Å². The number of rotatable bonds is 9. The van der Waals surface area contributed by atoms with Crippen molar-refractivity contribution in [2.24, 2.45) is 0 Å². The molecule has 0 radical (unpaired) electrons. The van der Waals surface area contributed by atoms with Gasteiger partial charge >= 0.3 is 0 Å². The van der Waals surface area contributed by atoms with Gasteiger partial charge in [0.2, 0.25) is 0 Å². The standard InChI is InChI=1S/C26H24N4O.C25H23N5O2/c1-16-5-8-20(9-6-16)25-21(30-15-18(3)7-10-23(30)28-25)14-22(31)26-19(4)27-24-13-17(2)11-12-29(24)26;1-15-5-10-23-28-24(18-6-8-19(32-4)9-7-18)21(29(23)14-15)12-22(31)20-13-26-30-17(3)11-16(2)27-25(20)30/h5-13,15H,14H2,1-4H3;5-11,13-14H,12H2,1-4H3. The molecule has 0 amide bonds. The van der Waals surface area contributed by atoms with Gasteiger partial charge in [0, 0.05) is 41.1 Å². The number of hydrogen-bond donors (Lipinski definition) is 0. The molecule has 0 aliphatic rings. The number of Topliss-reactive ketones (excluding diaryl/α,β-unsaturated/α-hetero) is 2. The number of benzene rings is 2. The van der Waals surface area contributed by atoms with Crippen LogP contribution in [-0.2, 0) is 12.8 Å². The number of pyridine rings is 3. The van der Waals surface area contributed by atoms with Gasteiger partial charge < -0.3 is 13.5 Å². The molecule has 10 aromatic rings. The zero-order valence-electron chi connectivity index (χ0n) is 36.6. The van der Waals surface area contributed by atoms with Crippen LogP contribution in [0.4, 0.5) is 0 Å². The van der Waals surface area contributed by atoms with Gasteiger partial charge in [-0.05, 0) is 120 Å². The van der Waals surface area contributed by atoms with E-state index in [0.717, 1.165) is 90.4 Å². The third-order valence-corrected chi connectivity index (χ3v) is 11.4. The molecular weight excluding hydrogens is 787 g/mol. The average molecular weight is 834 g/mol. The molecule has 0 N–H and O–H groups in total. The number of ether oxygens (including phenoxy) is 1. The second-order valence-corrected chi connectivity index (χ2v) is 16.3. The molecule has 314 valence electrons. The van der Waals surface area contributed by atoms with Crippen LogP contribution in [-0.4, -0.2) is 61.4 Å². The molecule has 12 nitrogen and oxygen atoms in total. The van der Waals surface area contributed by atoms with Crippen molar-refractivity contribution in [3.63, 3.8) is 0 Å². The fourth-order valence-corrected chi connectivity index (χ4v) is 8.21. The monoisotopic (exact) mass is 833 g/mol. The lowest BCUT2D eigenvalue weighted by Crippen LogP contribution is -2.11. The van der Waals surface area contributed by atoms with E-state index in [1.54, 1.807) is 17.8 Å². The number of aryl methyl sites for hydroxylation is 7. The molecule has 0 saturated carbocycles. The minimum Gasteiger partial charge on any atom is -0.497 e. The predicted octanol–water partition coefficient (Wildman–Crippen LogP) is 9.71. The van der Waals surface area contributed by atoms with Gasteiger partial charge in [0.1, 0.15) is 28.4 Å². The van der Waals surface area contributed by atoms with Gasteiger partial charge in [0.15, 0.2) is 17.2 Å². The molecule has 0 aliphatic heterocycles. The molecule has 12 heteroatoms. The van der Waals surface area contributed by atoms with Crippen molar-refractivity contribution in [3.05, 3.63) is 178 Å². The van der Waals surface area contributed by atoms with Gasteiger partial charge in [-0.3, -0.25) is 14.0 Å². The second-order valence-electron chi connectivity index (χ2n) is 16.3. The summed E-state index contributed by atoms with van der Waals surface area (Å²) in [5.41, 5.74) is 16.5. The van der Waals surface area contributed by atoms with E-state index in [9.17, 15) is 9.59 Å². The highest BCUT2D eigenvalue weighted by molar-refractivity contribution is 6.03. The lowest BCUT2D eigenvalue weighted by atomic mass is 10.0. The smallest absolute Gasteiger partial charge is 0.187 e. The summed E-state index contributed by atoms with van der Waals surface area (Å²) in [5.74, 6) is 0.759. The first-order valence-corrected chi connectivity index (χ1v) is 20.9. The fraction of sp³-hybridized carbons (Fsp3) is 0.196. The highest BCUT2D eigenvalue weighted by atomic mass is 16.5. The second kappa shape index (κ2) is 16.3. The zero-order chi connectivity index (χ0) is 44.1. The first-order chi connectivity index (χ1) is 30.3. The largest absolute Gasteiger partial charge is 0.497 e. The van der Waals surface area contributed by atoms with E-state index < -0.39 is 0 Å². The average Bonchev–Trinajstić information content (AvgIpc) is 4.03. The van der Waals surface area contributed by atoms with Crippen LogP contribution in [0.1, 0.15) is 71.6 Å². The molecule has 2 aromatic carbocycles. The van der Waals surface area contributed by atoms with Crippen LogP contribution in [0.2, 0.25) is 0 Å². The topological polar surface area (TPSA) is 125 Å². The Kier molecular flexibility index (Phi) is 10.5. The first kappa shape index (κ1) is 40.7. The van der Waals surface area contributed by atoms with Crippen molar-refractivity contribution in [1.29, 1.82) is 0 Å². The lowest BCUT2D eigenvalue weighted by molar-refractivity contribution is 0.0980. The Morgan fingerprint density at radius 3 is 1.75 bits per heavy atom. The van der Waals surface area contributed by atoms with E-state index in [2.05, 4.69) is 46.3 Å². The summed E-state index contributed by atoms with van der Waals surface area (Å²) in [7, 11) is 1.64. The van der Waals surface area contributed by atoms with E-state index in [0.29, 0.717) is 16.9 Å². The number of aromatic nitrogens is 9. The number of imidazole rings is 3. The van der Waals surface area contributed by atoms with Crippen LogP contribution in [0.15, 0.2) is 116 Å². The summed E-state index contributed by atoms with van der Waals surface area (Å²) in [6, 6.07) is 30.0. The summed E-state index contributed by atoms with van der Waals surface area (Å²) in [6.07, 6.45) is 8.03. The molecule has 8 heterocycles. The summed E-state index contributed by atoms with van der Waals surface area (Å²) in [4.78, 5) is 45.9. The molecule has 10 rings (SSSR count). The Morgan fingerprint density at radius 2 is 1.14 bits per heavy atom. The maximum absolute atomic E-state index is 13.6. The number of carbonyl (C=O) groups excluding carboxylic acids is 2. The molecule has 0 unspecified atom stereocenters. The number of ketones is 2. The van der Waals surface area contributed by atoms with Gasteiger partial charge in [-0.1, -0.05) is 42.0 Å². The Bertz CT molecular complexity index is 3390. The van der Waals surface area contributed by atoms with Crippen LogP contribution in [0.3, 0.4) is 0 Å². The molecule has 8 aromatic heterocycles. The lowest BCUT2D eigenvalue weighted by Gasteiger charge is -2.07. The van der Waals surface area contributed by atoms with Crippen molar-refractivity contribution in [2.75, 3.05) is 7.11 Å². The van der Waals surface area contributed by atoms with Gasteiger partial charge in [-0.15, -0.1) is 0 Å². The number of carbonyl (C=O) groups is 2. The maximum Gasteiger partial charge on any atom is 0.187 e. The number of nitrogens with zero attached hydrogens (tertiary/aromatic N) is 9. The molecule has 0 aliphatic carbocycles. The van der Waals surface area contributed by atoms with Crippen molar-refractivity contribution >= 4 is 34.2 Å². The predicted molar refractivity (Wildman–Crippen MR) is 245 cm³/mol. The fourth-order valence-electron chi connectivity index (χ4n) is 8.21. The maximum atomic E-state index is 13.6. The van der Waals surface area contributed by atoms with Gasteiger partial charge in [-0.2, -0.15) is 5.10 Å². The normalized spacial score (nSPS) is 11.4. The number of fused-ring (bicyclic) bond motifs is 4. The van der Waals surface area contributed by atoms with Crippen LogP contribution in [0.5, 0.6) is 5.75 Å². The zero-order valence-corrected chi connectivity index (χ0v) is 36.6. The molecular formula is C51H47N9O3. The Hall–Kier alpha value is -7.73. The van der Waals surface area contributed by atoms with Crippen molar-refractivity contribution in [3.8, 4) is 28.3 Å². The van der Waals surface area contributed by atoms with Gasteiger partial charge in [0.05, 0.1) is 60.2 Å². The summed E-state index contributed by atoms with van der Waals surface area (Å²) >= 11 is 0. The SMILES string of the molecule is COc1ccc(-c2nc3ccc(C)cn3c2CC(=O)c2cnn3c(C)cc(C)nc23)cc1.Cc1ccc(-c2nc3ccc(C)cn3c2CC(=O)c2c(C)nc3cc(C)ccn23)cc1. The van der Waals surface area contributed by atoms with Crippen molar-refractivity contribution in [1.82, 2.24) is 42.8 Å². The molecule has 0 atom stereocenters. The highest BCUT2D eigenvalue weighted by Gasteiger charge is 2.24. The van der Waals surface area contributed by atoms with E-state index in [1.165, 1.54) is 5.56 Å². The minimum atomic E-state index is -0.0458. The summed E-state index contributed by atoms with van der Waals surface area (Å²) in [6.45, 7) is 13.9. The van der Waals surface area contributed by atoms with E-state index >= 15 is 0 Å². The quantitative estimate of drug-likeness (QED) is 0.132. The minimum absolute atomic E-state index is 0.0329. The summed E-state index contributed by atoms with van der Waals surface area (Å²) in [5, 5.41) is 4.38. The van der Waals surface area contributed by atoms with Crippen LogP contribution in [0, 0.1) is 48.5 Å². The van der Waals surface area contributed by atoms with Gasteiger partial charge in [0.25, 0.3) is 0 Å². The number of methoxy groups -OCH3 is 1. The highest BCUT2D eigenvalue weighted by Crippen LogP contribution is 2.30. The first-order valence-electron chi connectivity index (χ1n) is 20.9. The molecule has 0 spiro atoms. The van der Waals surface area contributed by atoms with Crippen LogP contribution < -0.4 is 4.74 Å².